The summed E-state index contributed by atoms with van der Waals surface area (Å²) in [5.74, 6) is 0.864. The maximum absolute atomic E-state index is 11.6. The highest BCUT2D eigenvalue weighted by molar-refractivity contribution is 6.46. The number of carbonyl (C=O) groups is 1. The van der Waals surface area contributed by atoms with Gasteiger partial charge < -0.3 is 19.4 Å². The third-order valence-electron chi connectivity index (χ3n) is 6.76. The average molecular weight is 449 g/mol. The first kappa shape index (κ1) is 25.7. The van der Waals surface area contributed by atoms with E-state index in [-0.39, 0.29) is 18.9 Å². The lowest BCUT2D eigenvalue weighted by atomic mass is 9.62. The zero-order valence-electron chi connectivity index (χ0n) is 20.2. The number of hydrogen-bond donors (Lipinski definition) is 1. The average Bonchev–Trinajstić information content (AvgIpc) is 2.83. The van der Waals surface area contributed by atoms with Gasteiger partial charge in [-0.2, -0.15) is 0 Å². The quantitative estimate of drug-likeness (QED) is 0.232. The lowest BCUT2D eigenvalue weighted by molar-refractivity contribution is -0.108. The van der Waals surface area contributed by atoms with Gasteiger partial charge in [0.2, 0.25) is 0 Å². The van der Waals surface area contributed by atoms with Gasteiger partial charge in [0.25, 0.3) is 0 Å². The van der Waals surface area contributed by atoms with Gasteiger partial charge in [-0.1, -0.05) is 86.8 Å². The minimum atomic E-state index is -0.234. The molecule has 0 saturated carbocycles. The van der Waals surface area contributed by atoms with Crippen LogP contribution in [-0.4, -0.2) is 39.7 Å². The third kappa shape index (κ3) is 8.73. The van der Waals surface area contributed by atoms with Crippen LogP contribution in [0.15, 0.2) is 60.7 Å². The Morgan fingerprint density at radius 2 is 1.45 bits per heavy atom. The molecule has 0 radical (unpaired) electrons. The van der Waals surface area contributed by atoms with Crippen molar-refractivity contribution in [2.75, 3.05) is 26.3 Å². The summed E-state index contributed by atoms with van der Waals surface area (Å²) in [5.41, 5.74) is 2.63. The number of hydrogen-bond acceptors (Lipinski definition) is 4. The van der Waals surface area contributed by atoms with Gasteiger partial charge in [-0.3, -0.25) is 0 Å². The zero-order valence-corrected chi connectivity index (χ0v) is 20.2. The summed E-state index contributed by atoms with van der Waals surface area (Å²) in [4.78, 5) is 11.6. The summed E-state index contributed by atoms with van der Waals surface area (Å²) in [7, 11) is -0.234. The maximum Gasteiger partial charge on any atom is 0.460 e. The lowest BCUT2D eigenvalue weighted by Gasteiger charge is -2.31. The molecule has 178 valence electrons. The number of carbonyl (C=O) groups excluding carboxylic acids is 1. The van der Waals surface area contributed by atoms with Crippen molar-refractivity contribution in [1.82, 2.24) is 5.32 Å². The van der Waals surface area contributed by atoms with Crippen molar-refractivity contribution in [3.05, 3.63) is 71.8 Å². The van der Waals surface area contributed by atoms with E-state index < -0.39 is 0 Å². The summed E-state index contributed by atoms with van der Waals surface area (Å²) < 4.78 is 12.5. The van der Waals surface area contributed by atoms with E-state index in [2.05, 4.69) is 66.8 Å². The Labute approximate surface area is 200 Å². The van der Waals surface area contributed by atoms with Crippen LogP contribution in [0.4, 0.5) is 0 Å². The van der Waals surface area contributed by atoms with E-state index in [0.717, 1.165) is 32.2 Å². The van der Waals surface area contributed by atoms with E-state index in [1.54, 1.807) is 0 Å². The minimum absolute atomic E-state index is 0.177. The molecule has 33 heavy (non-hydrogen) atoms. The van der Waals surface area contributed by atoms with E-state index in [0.29, 0.717) is 25.6 Å². The number of nitrogens with one attached hydrogen (secondary N) is 1. The Balaban J connectivity index is 1.84. The third-order valence-corrected chi connectivity index (χ3v) is 6.76. The van der Waals surface area contributed by atoms with Crippen LogP contribution in [0.1, 0.15) is 74.8 Å². The number of benzene rings is 2. The van der Waals surface area contributed by atoms with E-state index >= 15 is 0 Å². The zero-order chi connectivity index (χ0) is 23.1. The van der Waals surface area contributed by atoms with Crippen LogP contribution in [0.5, 0.6) is 0 Å². The fourth-order valence-electron chi connectivity index (χ4n) is 4.99. The van der Waals surface area contributed by atoms with Gasteiger partial charge in [0.05, 0.1) is 0 Å². The monoisotopic (exact) mass is 449 g/mol. The second-order valence-electron chi connectivity index (χ2n) is 9.20. The second-order valence-corrected chi connectivity index (χ2v) is 9.20. The molecule has 4 nitrogen and oxygen atoms in total. The van der Waals surface area contributed by atoms with Crippen LogP contribution in [-0.2, 0) is 14.1 Å². The predicted octanol–water partition coefficient (Wildman–Crippen LogP) is 6.00. The summed E-state index contributed by atoms with van der Waals surface area (Å²) in [6.07, 6.45) is 8.37. The number of aldehydes is 1. The largest absolute Gasteiger partial charge is 0.460 e. The normalized spacial score (nSPS) is 17.5. The van der Waals surface area contributed by atoms with Crippen LogP contribution < -0.4 is 5.32 Å². The lowest BCUT2D eigenvalue weighted by Crippen LogP contribution is -2.39. The highest BCUT2D eigenvalue weighted by Crippen LogP contribution is 2.40. The molecule has 2 aromatic carbocycles. The molecule has 3 unspecified atom stereocenters. The molecular weight excluding hydrogens is 409 g/mol. The molecule has 1 aliphatic rings. The van der Waals surface area contributed by atoms with Crippen molar-refractivity contribution in [1.29, 1.82) is 0 Å². The Hall–Kier alpha value is -1.95. The molecule has 0 aromatic heterocycles. The maximum atomic E-state index is 11.6. The molecule has 1 fully saturated rings. The Morgan fingerprint density at radius 3 is 2.03 bits per heavy atom. The van der Waals surface area contributed by atoms with Crippen molar-refractivity contribution < 1.29 is 14.1 Å². The summed E-state index contributed by atoms with van der Waals surface area (Å²) in [5, 5.41) is 3.34. The highest BCUT2D eigenvalue weighted by atomic mass is 16.6. The molecule has 1 aliphatic heterocycles. The SMILES string of the molecule is CCCCCC(CC(CC(CC=O)c1ccccc1)B1OCCNCCO1)c1ccccc1. The van der Waals surface area contributed by atoms with Gasteiger partial charge in [-0.05, 0) is 48.0 Å². The Bertz CT molecular complexity index is 765. The molecule has 5 heteroatoms. The van der Waals surface area contributed by atoms with E-state index in [4.69, 9.17) is 9.31 Å². The molecule has 0 bridgehead atoms. The first-order valence-electron chi connectivity index (χ1n) is 12.8. The molecular formula is C28H40BNO3. The molecule has 3 atom stereocenters. The van der Waals surface area contributed by atoms with Crippen LogP contribution in [0, 0.1) is 0 Å². The van der Waals surface area contributed by atoms with Gasteiger partial charge in [-0.15, -0.1) is 0 Å². The predicted molar refractivity (Wildman–Crippen MR) is 137 cm³/mol. The van der Waals surface area contributed by atoms with Crippen molar-refractivity contribution in [2.24, 2.45) is 0 Å². The Morgan fingerprint density at radius 1 is 0.879 bits per heavy atom. The molecule has 0 amide bonds. The number of unbranched alkanes of at least 4 members (excludes halogenated alkanes) is 2. The Kier molecular flexibility index (Phi) is 11.7. The molecule has 1 N–H and O–H groups in total. The number of rotatable bonds is 13. The van der Waals surface area contributed by atoms with Crippen LogP contribution >= 0.6 is 0 Å². The van der Waals surface area contributed by atoms with Gasteiger partial charge in [0, 0.05) is 32.7 Å². The minimum Gasteiger partial charge on any atom is -0.410 e. The van der Waals surface area contributed by atoms with Crippen molar-refractivity contribution in [3.8, 4) is 0 Å². The van der Waals surface area contributed by atoms with Gasteiger partial charge in [0.1, 0.15) is 6.29 Å². The molecule has 1 saturated heterocycles. The van der Waals surface area contributed by atoms with Crippen LogP contribution in [0.2, 0.25) is 5.82 Å². The summed E-state index contributed by atoms with van der Waals surface area (Å²) in [6, 6.07) is 21.3. The van der Waals surface area contributed by atoms with E-state index in [9.17, 15) is 4.79 Å². The second kappa shape index (κ2) is 15.1. The van der Waals surface area contributed by atoms with Gasteiger partial charge >= 0.3 is 7.12 Å². The fraction of sp³-hybridized carbons (Fsp3) is 0.536. The molecule has 2 aromatic rings. The van der Waals surface area contributed by atoms with Crippen LogP contribution in [0.25, 0.3) is 0 Å². The van der Waals surface area contributed by atoms with Crippen molar-refractivity contribution in [2.45, 2.75) is 69.5 Å². The highest BCUT2D eigenvalue weighted by Gasteiger charge is 2.35. The summed E-state index contributed by atoms with van der Waals surface area (Å²) >= 11 is 0. The first-order chi connectivity index (χ1) is 16.3. The summed E-state index contributed by atoms with van der Waals surface area (Å²) in [6.45, 7) is 5.26. The van der Waals surface area contributed by atoms with Crippen molar-refractivity contribution >= 4 is 13.4 Å². The molecule has 1 heterocycles. The smallest absolute Gasteiger partial charge is 0.410 e. The van der Waals surface area contributed by atoms with E-state index in [1.807, 2.05) is 6.07 Å². The van der Waals surface area contributed by atoms with Gasteiger partial charge in [-0.25, -0.2) is 0 Å². The fourth-order valence-corrected chi connectivity index (χ4v) is 4.99. The molecule has 3 rings (SSSR count). The van der Waals surface area contributed by atoms with Crippen LogP contribution in [0.3, 0.4) is 0 Å². The van der Waals surface area contributed by atoms with Crippen molar-refractivity contribution in [3.63, 3.8) is 0 Å². The van der Waals surface area contributed by atoms with Gasteiger partial charge in [0.15, 0.2) is 0 Å². The topological polar surface area (TPSA) is 47.6 Å². The van der Waals surface area contributed by atoms with E-state index in [1.165, 1.54) is 36.8 Å². The standard InChI is InChI=1S/C28H40BNO3/c1-2-3-6-15-26(24-11-7-4-8-12-24)22-28(29-32-20-17-30-18-21-33-29)23-27(16-19-31)25-13-9-5-10-14-25/h4-5,7-14,19,26-28,30H,2-3,6,15-18,20-23H2,1H3. The molecule has 0 spiro atoms. The first-order valence-corrected chi connectivity index (χ1v) is 12.8. The molecule has 0 aliphatic carbocycles.